The topological polar surface area (TPSA) is 29.5 Å². The Morgan fingerprint density at radius 2 is 1.47 bits per heavy atom. The number of aryl methyl sites for hydroxylation is 2. The number of unbranched alkanes of at least 4 members (excludes halogenated alkanes) is 1. The highest BCUT2D eigenvalue weighted by molar-refractivity contribution is 7.94. The van der Waals surface area contributed by atoms with Crippen LogP contribution < -0.4 is 4.18 Å². The Bertz CT molecular complexity index is 786. The molecule has 0 saturated carbocycles. The van der Waals surface area contributed by atoms with E-state index in [-0.39, 0.29) is 16.9 Å². The molecule has 0 heterocycles. The summed E-state index contributed by atoms with van der Waals surface area (Å²) in [5.41, 5.74) is 5.44. The van der Waals surface area contributed by atoms with Crippen molar-refractivity contribution in [2.24, 2.45) is 5.41 Å². The Morgan fingerprint density at radius 1 is 0.906 bits per heavy atom. The fourth-order valence-electron chi connectivity index (χ4n) is 4.07. The van der Waals surface area contributed by atoms with Crippen LogP contribution in [0.3, 0.4) is 0 Å². The lowest BCUT2D eigenvalue weighted by Crippen LogP contribution is -2.26. The van der Waals surface area contributed by atoms with E-state index in [1.807, 2.05) is 6.26 Å². The molecule has 0 spiro atoms. The second-order valence-corrected chi connectivity index (χ2v) is 10.4. The van der Waals surface area contributed by atoms with Gasteiger partial charge in [0.15, 0.2) is 0 Å². The summed E-state index contributed by atoms with van der Waals surface area (Å²) >= 11 is 1.39. The van der Waals surface area contributed by atoms with Gasteiger partial charge in [-0.1, -0.05) is 96.3 Å². The van der Waals surface area contributed by atoms with Crippen LogP contribution in [0.5, 0.6) is 5.75 Å². The highest BCUT2D eigenvalue weighted by atomic mass is 32.2. The monoisotopic (exact) mass is 458 g/mol. The number of hydrogen-bond acceptors (Lipinski definition) is 3. The lowest BCUT2D eigenvalue weighted by Gasteiger charge is -2.34. The van der Waals surface area contributed by atoms with Crippen LogP contribution in [0.2, 0.25) is 0 Å². The lowest BCUT2D eigenvalue weighted by atomic mass is 9.70. The first kappa shape index (κ1) is 28.6. The minimum absolute atomic E-state index is 0.0647. The molecule has 3 heteroatoms. The molecular formula is C29H46O2S. The van der Waals surface area contributed by atoms with E-state index in [1.54, 1.807) is 0 Å². The second kappa shape index (κ2) is 13.3. The molecule has 1 atom stereocenters. The van der Waals surface area contributed by atoms with E-state index >= 15 is 0 Å². The molecule has 0 saturated heterocycles. The van der Waals surface area contributed by atoms with E-state index in [0.717, 1.165) is 31.4 Å². The average Bonchev–Trinajstić information content (AvgIpc) is 2.76. The number of hydrogen-bond donors (Lipinski definition) is 1. The van der Waals surface area contributed by atoms with Crippen molar-refractivity contribution in [1.29, 1.82) is 0 Å². The van der Waals surface area contributed by atoms with E-state index in [2.05, 4.69) is 97.9 Å². The molecule has 1 N–H and O–H groups in total. The van der Waals surface area contributed by atoms with Gasteiger partial charge in [-0.3, -0.25) is 0 Å². The summed E-state index contributed by atoms with van der Waals surface area (Å²) in [6, 6.07) is 15.6. The molecule has 32 heavy (non-hydrogen) atoms. The molecule has 2 nitrogen and oxygen atoms in total. The van der Waals surface area contributed by atoms with Crippen molar-refractivity contribution >= 4 is 12.0 Å². The summed E-state index contributed by atoms with van der Waals surface area (Å²) in [5.74, 6) is 0.960. The van der Waals surface area contributed by atoms with E-state index in [4.69, 9.17) is 4.18 Å². The van der Waals surface area contributed by atoms with Gasteiger partial charge in [0.25, 0.3) is 0 Å². The van der Waals surface area contributed by atoms with Gasteiger partial charge in [0.05, 0.1) is 18.1 Å². The van der Waals surface area contributed by atoms with E-state index in [0.29, 0.717) is 0 Å². The molecule has 0 fully saturated rings. The Kier molecular flexibility index (Phi) is 11.9. The first-order valence-electron chi connectivity index (χ1n) is 12.1. The average molecular weight is 459 g/mol. The van der Waals surface area contributed by atoms with Crippen molar-refractivity contribution in [2.45, 2.75) is 99.0 Å². The van der Waals surface area contributed by atoms with E-state index in [9.17, 15) is 5.11 Å². The zero-order valence-electron chi connectivity index (χ0n) is 21.9. The molecule has 2 aromatic carbocycles. The quantitative estimate of drug-likeness (QED) is 0.381. The van der Waals surface area contributed by atoms with Crippen LogP contribution in [0.15, 0.2) is 42.5 Å². The Morgan fingerprint density at radius 3 is 1.91 bits per heavy atom. The zero-order valence-corrected chi connectivity index (χ0v) is 22.7. The predicted octanol–water partition coefficient (Wildman–Crippen LogP) is 8.65. The van der Waals surface area contributed by atoms with Gasteiger partial charge in [-0.05, 0) is 61.3 Å². The third-order valence-corrected chi connectivity index (χ3v) is 6.89. The molecule has 180 valence electrons. The maximum Gasteiger partial charge on any atom is 0.140 e. The molecule has 2 aromatic rings. The standard InChI is InChI=1S/C20H26OS.C9H20O/c1-6-20(7-2,17-10-8-15(3)9-11-17)18-12-13-19(21-22-5)16(4)14-18;1-5-6-7-8(10)9(2,3)4/h8-14H,6-7H2,1-5H3;8,10H,5-7H2,1-4H3. The molecule has 0 aliphatic carbocycles. The second-order valence-electron chi connectivity index (χ2n) is 9.91. The summed E-state index contributed by atoms with van der Waals surface area (Å²) in [7, 11) is 0. The highest BCUT2D eigenvalue weighted by Crippen LogP contribution is 2.40. The number of aliphatic hydroxyl groups is 1. The molecular weight excluding hydrogens is 412 g/mol. The summed E-state index contributed by atoms with van der Waals surface area (Å²) in [5, 5.41) is 9.52. The van der Waals surface area contributed by atoms with Gasteiger partial charge in [-0.15, -0.1) is 0 Å². The summed E-state index contributed by atoms with van der Waals surface area (Å²) < 4.78 is 5.61. The van der Waals surface area contributed by atoms with Gasteiger partial charge in [0.1, 0.15) is 5.75 Å². The van der Waals surface area contributed by atoms with Crippen molar-refractivity contribution in [2.75, 3.05) is 6.26 Å². The molecule has 0 aliphatic rings. The number of rotatable bonds is 9. The fourth-order valence-corrected chi connectivity index (χ4v) is 4.43. The SMILES string of the molecule is CCC(CC)(c1ccc(C)cc1)c1ccc(OSC)c(C)c1.CCCCC(O)C(C)(C)C. The molecule has 0 aliphatic heterocycles. The van der Waals surface area contributed by atoms with Crippen molar-refractivity contribution in [3.05, 3.63) is 64.7 Å². The Labute approximate surface area is 202 Å². The Balaban J connectivity index is 0.000000433. The van der Waals surface area contributed by atoms with Crippen LogP contribution in [0, 0.1) is 19.3 Å². The van der Waals surface area contributed by atoms with Crippen LogP contribution >= 0.6 is 12.0 Å². The third kappa shape index (κ3) is 7.85. The number of aliphatic hydroxyl groups excluding tert-OH is 1. The van der Waals surface area contributed by atoms with Crippen molar-refractivity contribution in [3.63, 3.8) is 0 Å². The van der Waals surface area contributed by atoms with Crippen molar-refractivity contribution in [1.82, 2.24) is 0 Å². The van der Waals surface area contributed by atoms with Crippen LogP contribution in [-0.2, 0) is 5.41 Å². The van der Waals surface area contributed by atoms with Crippen LogP contribution in [0.25, 0.3) is 0 Å². The lowest BCUT2D eigenvalue weighted by molar-refractivity contribution is 0.0538. The predicted molar refractivity (Wildman–Crippen MR) is 143 cm³/mol. The van der Waals surface area contributed by atoms with Gasteiger partial charge in [-0.25, -0.2) is 0 Å². The zero-order chi connectivity index (χ0) is 24.4. The first-order chi connectivity index (χ1) is 15.0. The maximum absolute atomic E-state index is 9.52. The molecule has 0 bridgehead atoms. The Hall–Kier alpha value is -1.45. The third-order valence-electron chi connectivity index (χ3n) is 6.54. The summed E-state index contributed by atoms with van der Waals surface area (Å²) in [6.45, 7) is 17.2. The van der Waals surface area contributed by atoms with Crippen molar-refractivity contribution in [3.8, 4) is 5.75 Å². The minimum Gasteiger partial charge on any atom is -0.426 e. The van der Waals surface area contributed by atoms with Crippen molar-refractivity contribution < 1.29 is 9.29 Å². The van der Waals surface area contributed by atoms with Crippen LogP contribution in [0.4, 0.5) is 0 Å². The fraction of sp³-hybridized carbons (Fsp3) is 0.586. The van der Waals surface area contributed by atoms with Gasteiger partial charge in [0, 0.05) is 11.7 Å². The van der Waals surface area contributed by atoms with Gasteiger partial charge >= 0.3 is 0 Å². The highest BCUT2D eigenvalue weighted by Gasteiger charge is 2.31. The molecule has 0 radical (unpaired) electrons. The summed E-state index contributed by atoms with van der Waals surface area (Å²) in [6.07, 6.45) is 7.25. The largest absolute Gasteiger partial charge is 0.426 e. The maximum atomic E-state index is 9.52. The van der Waals surface area contributed by atoms with Crippen LogP contribution in [0.1, 0.15) is 95.9 Å². The normalized spacial score (nSPS) is 12.7. The van der Waals surface area contributed by atoms with E-state index in [1.165, 1.54) is 40.7 Å². The van der Waals surface area contributed by atoms with Gasteiger partial charge in [0.2, 0.25) is 0 Å². The molecule has 1 unspecified atom stereocenters. The number of benzene rings is 2. The van der Waals surface area contributed by atoms with Gasteiger partial charge in [-0.2, -0.15) is 0 Å². The first-order valence-corrected chi connectivity index (χ1v) is 13.3. The molecule has 2 rings (SSSR count). The van der Waals surface area contributed by atoms with Crippen LogP contribution in [-0.4, -0.2) is 17.5 Å². The molecule has 0 aromatic heterocycles. The van der Waals surface area contributed by atoms with Gasteiger partial charge < -0.3 is 9.29 Å². The molecule has 0 amide bonds. The van der Waals surface area contributed by atoms with E-state index < -0.39 is 0 Å². The smallest absolute Gasteiger partial charge is 0.140 e. The minimum atomic E-state index is -0.132. The summed E-state index contributed by atoms with van der Waals surface area (Å²) in [4.78, 5) is 0.